The monoisotopic (exact) mass is 298 g/mol. The number of nitrogens with two attached hydrogens (primary N) is 1. The third-order valence-corrected chi connectivity index (χ3v) is 3.73. The number of anilines is 1. The van der Waals surface area contributed by atoms with E-state index < -0.39 is 0 Å². The Morgan fingerprint density at radius 2 is 1.81 bits per heavy atom. The van der Waals surface area contributed by atoms with E-state index in [1.165, 1.54) is 5.56 Å². The number of hydrogen-bond donors (Lipinski definition) is 1. The molecule has 1 aromatic rings. The predicted molar refractivity (Wildman–Crippen MR) is 85.9 cm³/mol. The normalized spacial score (nSPS) is 12.7. The van der Waals surface area contributed by atoms with Gasteiger partial charge in [0.15, 0.2) is 0 Å². The molecule has 0 aliphatic carbocycles. The van der Waals surface area contributed by atoms with E-state index >= 15 is 0 Å². The van der Waals surface area contributed by atoms with Crippen LogP contribution in [0.25, 0.3) is 0 Å². The van der Waals surface area contributed by atoms with Crippen LogP contribution in [0.2, 0.25) is 0 Å². The molecule has 2 N–H and O–H groups in total. The molecular weight excluding hydrogens is 268 g/mol. The summed E-state index contributed by atoms with van der Waals surface area (Å²) in [6.07, 6.45) is 1.81. The summed E-state index contributed by atoms with van der Waals surface area (Å²) >= 11 is 0. The predicted octanol–water partition coefficient (Wildman–Crippen LogP) is 1.11. The molecule has 1 rings (SSSR count). The van der Waals surface area contributed by atoms with Gasteiger partial charge < -0.3 is 20.1 Å². The highest BCUT2D eigenvalue weighted by atomic mass is 16.5. The van der Waals surface area contributed by atoms with Crippen molar-refractivity contribution in [2.75, 3.05) is 45.4 Å². The van der Waals surface area contributed by atoms with Gasteiger partial charge in [0.25, 0.3) is 0 Å². The molecule has 0 fully saturated rings. The van der Waals surface area contributed by atoms with E-state index in [0.717, 1.165) is 37.4 Å². The number of nitrogens with zero attached hydrogens (tertiary/aromatic N) is 3. The SMILES string of the molecule is CCC(N)Cc1c(C)nn(C)c1N(CCOC)CCOC. The van der Waals surface area contributed by atoms with Gasteiger partial charge in [-0.1, -0.05) is 6.92 Å². The van der Waals surface area contributed by atoms with E-state index in [2.05, 4.69) is 16.9 Å². The molecule has 0 amide bonds. The average molecular weight is 298 g/mol. The minimum atomic E-state index is 0.165. The van der Waals surface area contributed by atoms with Crippen molar-refractivity contribution in [1.29, 1.82) is 0 Å². The molecule has 0 aliphatic heterocycles. The first-order valence-electron chi connectivity index (χ1n) is 7.55. The lowest BCUT2D eigenvalue weighted by molar-refractivity contribution is 0.189. The number of ether oxygens (including phenoxy) is 2. The fraction of sp³-hybridized carbons (Fsp3) is 0.800. The number of methoxy groups -OCH3 is 2. The lowest BCUT2D eigenvalue weighted by Gasteiger charge is -2.26. The molecule has 0 spiro atoms. The van der Waals surface area contributed by atoms with Crippen molar-refractivity contribution in [1.82, 2.24) is 9.78 Å². The van der Waals surface area contributed by atoms with Crippen molar-refractivity contribution in [2.45, 2.75) is 32.7 Å². The number of hydrogen-bond acceptors (Lipinski definition) is 5. The van der Waals surface area contributed by atoms with Crippen LogP contribution in [-0.4, -0.2) is 56.3 Å². The van der Waals surface area contributed by atoms with Crippen molar-refractivity contribution in [3.63, 3.8) is 0 Å². The van der Waals surface area contributed by atoms with Crippen molar-refractivity contribution >= 4 is 5.82 Å². The molecule has 1 heterocycles. The van der Waals surface area contributed by atoms with Gasteiger partial charge in [-0.15, -0.1) is 0 Å². The Hall–Kier alpha value is -1.11. The van der Waals surface area contributed by atoms with Crippen LogP contribution in [0.1, 0.15) is 24.6 Å². The molecule has 0 aliphatic rings. The number of aromatic nitrogens is 2. The van der Waals surface area contributed by atoms with E-state index in [1.807, 2.05) is 18.7 Å². The first-order valence-corrected chi connectivity index (χ1v) is 7.55. The zero-order valence-corrected chi connectivity index (χ0v) is 14.1. The van der Waals surface area contributed by atoms with Crippen LogP contribution in [0.15, 0.2) is 0 Å². The van der Waals surface area contributed by atoms with Crippen LogP contribution in [0, 0.1) is 6.92 Å². The maximum absolute atomic E-state index is 6.15. The lowest BCUT2D eigenvalue weighted by Crippen LogP contribution is -2.33. The Morgan fingerprint density at radius 3 is 2.29 bits per heavy atom. The second-order valence-corrected chi connectivity index (χ2v) is 5.36. The van der Waals surface area contributed by atoms with Crippen molar-refractivity contribution in [3.05, 3.63) is 11.3 Å². The molecule has 1 unspecified atom stereocenters. The molecule has 1 aromatic heterocycles. The molecule has 1 atom stereocenters. The van der Waals surface area contributed by atoms with Crippen LogP contribution in [0.5, 0.6) is 0 Å². The summed E-state index contributed by atoms with van der Waals surface area (Å²) in [6, 6.07) is 0.165. The molecule has 6 nitrogen and oxygen atoms in total. The second kappa shape index (κ2) is 9.02. The Labute approximate surface area is 128 Å². The number of aryl methyl sites for hydroxylation is 2. The highest BCUT2D eigenvalue weighted by Crippen LogP contribution is 2.24. The third-order valence-electron chi connectivity index (χ3n) is 3.73. The average Bonchev–Trinajstić information content (AvgIpc) is 2.74. The molecule has 0 saturated heterocycles. The number of rotatable bonds is 10. The van der Waals surface area contributed by atoms with Gasteiger partial charge in [-0.3, -0.25) is 4.68 Å². The van der Waals surface area contributed by atoms with Gasteiger partial charge in [-0.05, 0) is 19.8 Å². The van der Waals surface area contributed by atoms with Crippen LogP contribution in [-0.2, 0) is 22.9 Å². The molecule has 21 heavy (non-hydrogen) atoms. The Kier molecular flexibility index (Phi) is 7.71. The standard InChI is InChI=1S/C15H30N4O2/c1-6-13(16)11-14-12(2)17-18(3)15(14)19(7-9-20-4)8-10-21-5/h13H,6-11,16H2,1-5H3. The fourth-order valence-electron chi connectivity index (χ4n) is 2.46. The zero-order valence-electron chi connectivity index (χ0n) is 14.1. The molecule has 0 saturated carbocycles. The van der Waals surface area contributed by atoms with Gasteiger partial charge >= 0.3 is 0 Å². The Balaban J connectivity index is 3.03. The smallest absolute Gasteiger partial charge is 0.130 e. The van der Waals surface area contributed by atoms with Gasteiger partial charge in [-0.25, -0.2) is 0 Å². The fourth-order valence-corrected chi connectivity index (χ4v) is 2.46. The summed E-state index contributed by atoms with van der Waals surface area (Å²) in [7, 11) is 5.42. The van der Waals surface area contributed by atoms with Crippen molar-refractivity contribution < 1.29 is 9.47 Å². The van der Waals surface area contributed by atoms with Crippen molar-refractivity contribution in [3.8, 4) is 0 Å². The quantitative estimate of drug-likeness (QED) is 0.701. The van der Waals surface area contributed by atoms with Crippen LogP contribution < -0.4 is 10.6 Å². The maximum Gasteiger partial charge on any atom is 0.130 e. The summed E-state index contributed by atoms with van der Waals surface area (Å²) in [5.74, 6) is 1.13. The van der Waals surface area contributed by atoms with Gasteiger partial charge in [0.1, 0.15) is 5.82 Å². The summed E-state index contributed by atoms with van der Waals surface area (Å²) < 4.78 is 12.4. The van der Waals surface area contributed by atoms with Gasteiger partial charge in [-0.2, -0.15) is 5.10 Å². The van der Waals surface area contributed by atoms with E-state index in [-0.39, 0.29) is 6.04 Å². The first kappa shape index (κ1) is 17.9. The van der Waals surface area contributed by atoms with E-state index in [9.17, 15) is 0 Å². The largest absolute Gasteiger partial charge is 0.383 e. The molecule has 6 heteroatoms. The van der Waals surface area contributed by atoms with Gasteiger partial charge in [0.2, 0.25) is 0 Å². The first-order chi connectivity index (χ1) is 10.0. The lowest BCUT2D eigenvalue weighted by atomic mass is 10.0. The Morgan fingerprint density at radius 1 is 1.24 bits per heavy atom. The van der Waals surface area contributed by atoms with Crippen LogP contribution in [0.4, 0.5) is 5.82 Å². The summed E-state index contributed by atoms with van der Waals surface area (Å²) in [5.41, 5.74) is 8.43. The highest BCUT2D eigenvalue weighted by Gasteiger charge is 2.20. The van der Waals surface area contributed by atoms with Crippen LogP contribution in [0.3, 0.4) is 0 Å². The molecule has 122 valence electrons. The van der Waals surface area contributed by atoms with E-state index in [0.29, 0.717) is 13.2 Å². The minimum Gasteiger partial charge on any atom is -0.383 e. The summed E-state index contributed by atoms with van der Waals surface area (Å²) in [6.45, 7) is 7.14. The van der Waals surface area contributed by atoms with Crippen molar-refractivity contribution in [2.24, 2.45) is 12.8 Å². The third kappa shape index (κ3) is 4.98. The second-order valence-electron chi connectivity index (χ2n) is 5.36. The van der Waals surface area contributed by atoms with E-state index in [1.54, 1.807) is 14.2 Å². The summed E-state index contributed by atoms with van der Waals surface area (Å²) in [4.78, 5) is 2.27. The molecule has 0 bridgehead atoms. The van der Waals surface area contributed by atoms with Gasteiger partial charge in [0, 0.05) is 46.0 Å². The van der Waals surface area contributed by atoms with Crippen LogP contribution >= 0.6 is 0 Å². The zero-order chi connectivity index (χ0) is 15.8. The minimum absolute atomic E-state index is 0.165. The molecular formula is C15H30N4O2. The molecule has 0 radical (unpaired) electrons. The van der Waals surface area contributed by atoms with E-state index in [4.69, 9.17) is 15.2 Å². The maximum atomic E-state index is 6.15. The summed E-state index contributed by atoms with van der Waals surface area (Å²) in [5, 5.41) is 4.57. The Bertz CT molecular complexity index is 412. The van der Waals surface area contributed by atoms with Gasteiger partial charge in [0.05, 0.1) is 18.9 Å². The topological polar surface area (TPSA) is 65.5 Å². The molecule has 0 aromatic carbocycles. The highest BCUT2D eigenvalue weighted by molar-refractivity contribution is 5.50.